The van der Waals surface area contributed by atoms with E-state index < -0.39 is 0 Å². The molecular weight excluding hydrogens is 152 g/mol. The van der Waals surface area contributed by atoms with Crippen LogP contribution in [0.15, 0.2) is 10.9 Å². The monoisotopic (exact) mass is 156 g/mol. The van der Waals surface area contributed by atoms with E-state index in [1.165, 1.54) is 22.0 Å². The van der Waals surface area contributed by atoms with Crippen molar-refractivity contribution in [3.8, 4) is 0 Å². The summed E-state index contributed by atoms with van der Waals surface area (Å²) in [4.78, 5) is 11.3. The van der Waals surface area contributed by atoms with Crippen molar-refractivity contribution >= 4 is 21.3 Å². The SMILES string of the molecule is Nc1nn2[nH]c(=O)cc2s1. The number of hydrogen-bond donors (Lipinski definition) is 2. The number of nitrogens with zero attached hydrogens (tertiary/aromatic N) is 2. The Hall–Kier alpha value is -1.30. The third-order valence-electron chi connectivity index (χ3n) is 1.09. The van der Waals surface area contributed by atoms with Gasteiger partial charge in [0, 0.05) is 6.07 Å². The average molecular weight is 156 g/mol. The van der Waals surface area contributed by atoms with Gasteiger partial charge in [0.1, 0.15) is 4.83 Å². The van der Waals surface area contributed by atoms with E-state index in [-0.39, 0.29) is 5.56 Å². The summed E-state index contributed by atoms with van der Waals surface area (Å²) < 4.78 is 1.36. The van der Waals surface area contributed by atoms with Crippen LogP contribution in [0.25, 0.3) is 4.83 Å². The Kier molecular flexibility index (Phi) is 0.877. The first-order valence-corrected chi connectivity index (χ1v) is 3.42. The summed E-state index contributed by atoms with van der Waals surface area (Å²) in [6.45, 7) is 0. The molecule has 0 saturated carbocycles. The Morgan fingerprint density at radius 1 is 1.80 bits per heavy atom. The highest BCUT2D eigenvalue weighted by Crippen LogP contribution is 2.12. The van der Waals surface area contributed by atoms with Crippen molar-refractivity contribution in [1.29, 1.82) is 0 Å². The summed E-state index contributed by atoms with van der Waals surface area (Å²) in [5.74, 6) is 0. The molecule has 0 aliphatic rings. The second-order valence-electron chi connectivity index (χ2n) is 1.81. The summed E-state index contributed by atoms with van der Waals surface area (Å²) in [6, 6.07) is 1.45. The van der Waals surface area contributed by atoms with E-state index in [9.17, 15) is 4.79 Å². The molecule has 3 N–H and O–H groups in total. The first-order chi connectivity index (χ1) is 4.75. The van der Waals surface area contributed by atoms with Crippen LogP contribution in [0.4, 0.5) is 5.13 Å². The molecule has 0 aromatic carbocycles. The molecule has 0 spiro atoms. The van der Waals surface area contributed by atoms with Crippen LogP contribution in [0.5, 0.6) is 0 Å². The van der Waals surface area contributed by atoms with E-state index >= 15 is 0 Å². The molecule has 0 atom stereocenters. The van der Waals surface area contributed by atoms with Gasteiger partial charge in [-0.3, -0.25) is 4.79 Å². The molecule has 0 radical (unpaired) electrons. The molecule has 0 aliphatic heterocycles. The zero-order chi connectivity index (χ0) is 7.14. The minimum absolute atomic E-state index is 0.154. The molecule has 5 nitrogen and oxygen atoms in total. The lowest BCUT2D eigenvalue weighted by Gasteiger charge is -1.74. The van der Waals surface area contributed by atoms with E-state index in [0.717, 1.165) is 4.83 Å². The molecule has 0 aliphatic carbocycles. The standard InChI is InChI=1S/C4H4N4OS/c5-4-7-8-3(10-4)1-2(9)6-8/h1H,(H2,5,7)(H,6,9). The van der Waals surface area contributed by atoms with Gasteiger partial charge in [0.25, 0.3) is 5.56 Å². The lowest BCUT2D eigenvalue weighted by molar-refractivity contribution is 0.812. The van der Waals surface area contributed by atoms with Gasteiger partial charge >= 0.3 is 0 Å². The molecule has 52 valence electrons. The van der Waals surface area contributed by atoms with Gasteiger partial charge in [-0.2, -0.15) is 4.63 Å². The summed E-state index contributed by atoms with van der Waals surface area (Å²) in [5, 5.41) is 6.70. The highest BCUT2D eigenvalue weighted by Gasteiger charge is 1.99. The number of nitrogens with one attached hydrogen (secondary N) is 1. The largest absolute Gasteiger partial charge is 0.374 e. The van der Waals surface area contributed by atoms with E-state index in [1.807, 2.05) is 0 Å². The molecule has 0 saturated heterocycles. The number of anilines is 1. The number of H-pyrrole nitrogens is 1. The lowest BCUT2D eigenvalue weighted by atomic mass is 10.7. The van der Waals surface area contributed by atoms with Crippen molar-refractivity contribution in [2.75, 3.05) is 5.73 Å². The number of aromatic nitrogens is 3. The Bertz CT molecular complexity index is 375. The van der Waals surface area contributed by atoms with Crippen molar-refractivity contribution in [2.45, 2.75) is 0 Å². The van der Waals surface area contributed by atoms with Crippen LogP contribution in [0.3, 0.4) is 0 Å². The molecule has 0 bridgehead atoms. The van der Waals surface area contributed by atoms with Gasteiger partial charge in [-0.25, -0.2) is 5.10 Å². The fourth-order valence-electron chi connectivity index (χ4n) is 0.738. The number of hydrogen-bond acceptors (Lipinski definition) is 4. The predicted molar refractivity (Wildman–Crippen MR) is 38.1 cm³/mol. The van der Waals surface area contributed by atoms with Crippen molar-refractivity contribution in [3.05, 3.63) is 16.4 Å². The van der Waals surface area contributed by atoms with Gasteiger partial charge in [0.15, 0.2) is 0 Å². The minimum atomic E-state index is -0.154. The number of aromatic amines is 1. The Morgan fingerprint density at radius 3 is 3.30 bits per heavy atom. The van der Waals surface area contributed by atoms with Gasteiger partial charge in [0.05, 0.1) is 0 Å². The van der Waals surface area contributed by atoms with Crippen LogP contribution < -0.4 is 11.3 Å². The molecule has 2 aromatic rings. The van der Waals surface area contributed by atoms with Crippen LogP contribution in [0.1, 0.15) is 0 Å². The maximum absolute atomic E-state index is 10.6. The van der Waals surface area contributed by atoms with Gasteiger partial charge in [-0.05, 0) is 0 Å². The topological polar surface area (TPSA) is 76.2 Å². The van der Waals surface area contributed by atoms with E-state index in [0.29, 0.717) is 5.13 Å². The minimum Gasteiger partial charge on any atom is -0.374 e. The Balaban J connectivity index is 2.95. The molecule has 6 heteroatoms. The number of fused-ring (bicyclic) bond motifs is 1. The van der Waals surface area contributed by atoms with Gasteiger partial charge in [-0.1, -0.05) is 11.3 Å². The maximum Gasteiger partial charge on any atom is 0.267 e. The number of nitrogen functional groups attached to an aromatic ring is 1. The third-order valence-corrected chi connectivity index (χ3v) is 1.88. The second kappa shape index (κ2) is 1.60. The van der Waals surface area contributed by atoms with E-state index in [1.54, 1.807) is 0 Å². The zero-order valence-electron chi connectivity index (χ0n) is 4.87. The highest BCUT2D eigenvalue weighted by atomic mass is 32.1. The normalized spacial score (nSPS) is 10.8. The molecule has 2 heterocycles. The molecule has 0 unspecified atom stereocenters. The molecule has 2 rings (SSSR count). The quantitative estimate of drug-likeness (QED) is 0.548. The Morgan fingerprint density at radius 2 is 2.60 bits per heavy atom. The zero-order valence-corrected chi connectivity index (χ0v) is 5.68. The number of nitrogens with two attached hydrogens (primary N) is 1. The van der Waals surface area contributed by atoms with Crippen molar-refractivity contribution in [2.24, 2.45) is 0 Å². The Labute approximate surface area is 59.1 Å². The predicted octanol–water partition coefficient (Wildman–Crippen LogP) is -0.334. The molecule has 2 aromatic heterocycles. The molecule has 0 amide bonds. The van der Waals surface area contributed by atoms with Crippen LogP contribution in [0, 0.1) is 0 Å². The lowest BCUT2D eigenvalue weighted by Crippen LogP contribution is -2.00. The van der Waals surface area contributed by atoms with Crippen LogP contribution >= 0.6 is 11.3 Å². The van der Waals surface area contributed by atoms with Crippen LogP contribution in [-0.4, -0.2) is 14.8 Å². The summed E-state index contributed by atoms with van der Waals surface area (Å²) in [5.41, 5.74) is 5.20. The van der Waals surface area contributed by atoms with Gasteiger partial charge in [-0.15, -0.1) is 5.10 Å². The summed E-state index contributed by atoms with van der Waals surface area (Å²) in [6.07, 6.45) is 0. The fraction of sp³-hybridized carbons (Fsp3) is 0. The van der Waals surface area contributed by atoms with Gasteiger partial charge in [0.2, 0.25) is 5.13 Å². The second-order valence-corrected chi connectivity index (χ2v) is 2.85. The third kappa shape index (κ3) is 0.623. The fourth-order valence-corrected chi connectivity index (χ4v) is 1.41. The van der Waals surface area contributed by atoms with Crippen LogP contribution in [0.2, 0.25) is 0 Å². The van der Waals surface area contributed by atoms with Gasteiger partial charge < -0.3 is 5.73 Å². The molecule has 10 heavy (non-hydrogen) atoms. The smallest absolute Gasteiger partial charge is 0.267 e. The van der Waals surface area contributed by atoms with Crippen molar-refractivity contribution in [1.82, 2.24) is 14.8 Å². The number of rotatable bonds is 0. The summed E-state index contributed by atoms with van der Waals surface area (Å²) >= 11 is 1.27. The van der Waals surface area contributed by atoms with Crippen molar-refractivity contribution < 1.29 is 0 Å². The first-order valence-electron chi connectivity index (χ1n) is 2.60. The van der Waals surface area contributed by atoms with E-state index in [4.69, 9.17) is 5.73 Å². The molecular formula is C4H4N4OS. The van der Waals surface area contributed by atoms with E-state index in [2.05, 4.69) is 10.2 Å². The van der Waals surface area contributed by atoms with Crippen molar-refractivity contribution in [3.63, 3.8) is 0 Å². The summed E-state index contributed by atoms with van der Waals surface area (Å²) in [7, 11) is 0. The highest BCUT2D eigenvalue weighted by molar-refractivity contribution is 7.20. The average Bonchev–Trinajstić information content (AvgIpc) is 2.21. The first kappa shape index (κ1) is 5.48. The maximum atomic E-state index is 10.6. The molecule has 0 fully saturated rings. The van der Waals surface area contributed by atoms with Crippen LogP contribution in [-0.2, 0) is 0 Å².